The molecular weight excluding hydrogens is 366 g/mol. The molecule has 0 aliphatic heterocycles. The van der Waals surface area contributed by atoms with Gasteiger partial charge in [0.2, 0.25) is 10.0 Å². The monoisotopic (exact) mass is 379 g/mol. The van der Waals surface area contributed by atoms with Crippen LogP contribution in [0.1, 0.15) is 0 Å². The Labute approximate surface area is 149 Å². The van der Waals surface area contributed by atoms with Crippen LogP contribution in [-0.4, -0.2) is 24.2 Å². The summed E-state index contributed by atoms with van der Waals surface area (Å²) in [6.45, 7) is 0. The molecule has 0 saturated heterocycles. The Morgan fingerprint density at radius 3 is 2.25 bits per heavy atom. The molecule has 0 bridgehead atoms. The van der Waals surface area contributed by atoms with Crippen LogP contribution in [0.3, 0.4) is 0 Å². The number of benzene rings is 2. The molecule has 8 heteroatoms. The molecule has 1 heterocycles. The van der Waals surface area contributed by atoms with Gasteiger partial charge in [0.05, 0.1) is 16.8 Å². The fourth-order valence-electron chi connectivity index (χ4n) is 2.34. The summed E-state index contributed by atoms with van der Waals surface area (Å²) in [5, 5.41) is 6.62. The number of sulfonamides is 1. The molecule has 0 aliphatic rings. The van der Waals surface area contributed by atoms with Crippen LogP contribution in [0.25, 0.3) is 16.9 Å². The number of hydrogen-bond acceptors (Lipinski definition) is 4. The quantitative estimate of drug-likeness (QED) is 0.703. The van der Waals surface area contributed by atoms with Crippen molar-refractivity contribution in [2.75, 3.05) is 6.26 Å². The van der Waals surface area contributed by atoms with Crippen LogP contribution in [0.15, 0.2) is 64.8 Å². The number of rotatable bonds is 4. The molecular formula is C16H14ClN3O2S2. The van der Waals surface area contributed by atoms with Gasteiger partial charge in [-0.2, -0.15) is 0 Å². The van der Waals surface area contributed by atoms with E-state index in [4.69, 9.17) is 16.7 Å². The average molecular weight is 380 g/mol. The van der Waals surface area contributed by atoms with Crippen molar-refractivity contribution < 1.29 is 8.42 Å². The number of nitrogens with two attached hydrogens (primary N) is 1. The van der Waals surface area contributed by atoms with E-state index in [1.54, 1.807) is 18.3 Å². The van der Waals surface area contributed by atoms with E-state index in [0.717, 1.165) is 22.1 Å². The molecule has 0 aliphatic carbocycles. The normalized spacial score (nSPS) is 11.6. The van der Waals surface area contributed by atoms with Gasteiger partial charge in [-0.25, -0.2) is 18.5 Å². The lowest BCUT2D eigenvalue weighted by molar-refractivity contribution is 0.598. The van der Waals surface area contributed by atoms with Crippen LogP contribution < -0.4 is 5.14 Å². The van der Waals surface area contributed by atoms with E-state index in [2.05, 4.69) is 4.98 Å². The van der Waals surface area contributed by atoms with E-state index in [1.807, 2.05) is 35.1 Å². The van der Waals surface area contributed by atoms with E-state index < -0.39 is 10.0 Å². The van der Waals surface area contributed by atoms with Crippen molar-refractivity contribution in [1.29, 1.82) is 0 Å². The molecule has 0 unspecified atom stereocenters. The summed E-state index contributed by atoms with van der Waals surface area (Å²) in [5.74, 6) is 0. The summed E-state index contributed by atoms with van der Waals surface area (Å²) < 4.78 is 24.8. The third-order valence-corrected chi connectivity index (χ3v) is 5.31. The van der Waals surface area contributed by atoms with Crippen LogP contribution >= 0.6 is 23.4 Å². The zero-order valence-corrected chi connectivity index (χ0v) is 15.1. The predicted octanol–water partition coefficient (Wildman–Crippen LogP) is 3.56. The third-order valence-electron chi connectivity index (χ3n) is 3.48. The van der Waals surface area contributed by atoms with Crippen molar-refractivity contribution in [3.63, 3.8) is 0 Å². The SMILES string of the molecule is CSc1ncc(-c2ccc(S(N)(=O)=O)cc2)n1-c1ccc(Cl)cc1. The molecule has 2 aromatic carbocycles. The molecule has 1 aromatic heterocycles. The van der Waals surface area contributed by atoms with Crippen molar-refractivity contribution in [3.05, 3.63) is 59.8 Å². The molecule has 0 fully saturated rings. The molecule has 0 saturated carbocycles. The lowest BCUT2D eigenvalue weighted by Crippen LogP contribution is -2.11. The Morgan fingerprint density at radius 2 is 1.71 bits per heavy atom. The molecule has 0 radical (unpaired) electrons. The highest BCUT2D eigenvalue weighted by atomic mass is 35.5. The highest BCUT2D eigenvalue weighted by molar-refractivity contribution is 7.98. The summed E-state index contributed by atoms with van der Waals surface area (Å²) in [6, 6.07) is 13.9. The van der Waals surface area contributed by atoms with Gasteiger partial charge in [-0.3, -0.25) is 4.57 Å². The van der Waals surface area contributed by atoms with Gasteiger partial charge in [0.15, 0.2) is 5.16 Å². The summed E-state index contributed by atoms with van der Waals surface area (Å²) >= 11 is 7.49. The van der Waals surface area contributed by atoms with Crippen LogP contribution in [0, 0.1) is 0 Å². The lowest BCUT2D eigenvalue weighted by atomic mass is 10.1. The zero-order valence-electron chi connectivity index (χ0n) is 12.7. The number of halogens is 1. The van der Waals surface area contributed by atoms with Gasteiger partial charge < -0.3 is 0 Å². The number of primary sulfonamides is 1. The number of nitrogens with zero attached hydrogens (tertiary/aromatic N) is 2. The highest BCUT2D eigenvalue weighted by Crippen LogP contribution is 2.29. The number of aromatic nitrogens is 2. The Kier molecular flexibility index (Phi) is 4.69. The minimum atomic E-state index is -3.71. The maximum atomic E-state index is 11.4. The van der Waals surface area contributed by atoms with Gasteiger partial charge in [-0.1, -0.05) is 35.5 Å². The van der Waals surface area contributed by atoms with Crippen LogP contribution in [0.5, 0.6) is 0 Å². The molecule has 0 spiro atoms. The van der Waals surface area contributed by atoms with E-state index in [9.17, 15) is 8.42 Å². The smallest absolute Gasteiger partial charge is 0.238 e. The van der Waals surface area contributed by atoms with E-state index in [1.165, 1.54) is 23.9 Å². The van der Waals surface area contributed by atoms with Gasteiger partial charge >= 0.3 is 0 Å². The summed E-state index contributed by atoms with van der Waals surface area (Å²) in [5.41, 5.74) is 2.61. The summed E-state index contributed by atoms with van der Waals surface area (Å²) in [4.78, 5) is 4.51. The summed E-state index contributed by atoms with van der Waals surface area (Å²) in [7, 11) is -3.71. The first kappa shape index (κ1) is 17.0. The third kappa shape index (κ3) is 3.34. The largest absolute Gasteiger partial charge is 0.287 e. The molecule has 3 aromatic rings. The minimum Gasteiger partial charge on any atom is -0.287 e. The molecule has 124 valence electrons. The van der Waals surface area contributed by atoms with Gasteiger partial charge in [0.1, 0.15) is 0 Å². The number of thioether (sulfide) groups is 1. The van der Waals surface area contributed by atoms with Crippen molar-refractivity contribution in [3.8, 4) is 16.9 Å². The van der Waals surface area contributed by atoms with Gasteiger partial charge in [0, 0.05) is 16.3 Å². The highest BCUT2D eigenvalue weighted by Gasteiger charge is 2.14. The zero-order chi connectivity index (χ0) is 17.3. The molecule has 3 rings (SSSR count). The van der Waals surface area contributed by atoms with Gasteiger partial charge in [-0.15, -0.1) is 0 Å². The minimum absolute atomic E-state index is 0.0777. The molecule has 0 amide bonds. The maximum absolute atomic E-state index is 11.4. The maximum Gasteiger partial charge on any atom is 0.238 e. The van der Waals surface area contributed by atoms with Crippen molar-refractivity contribution in [1.82, 2.24) is 9.55 Å². The Hall–Kier alpha value is -1.80. The van der Waals surface area contributed by atoms with Gasteiger partial charge in [-0.05, 0) is 42.7 Å². The standard InChI is InChI=1S/C16H14ClN3O2S2/c1-23-16-19-10-15(20(16)13-6-4-12(17)5-7-13)11-2-8-14(9-3-11)24(18,21)22/h2-10H,1H3,(H2,18,21,22). The molecule has 2 N–H and O–H groups in total. The van der Waals surface area contributed by atoms with Crippen LogP contribution in [0.4, 0.5) is 0 Å². The average Bonchev–Trinajstić information content (AvgIpc) is 2.99. The topological polar surface area (TPSA) is 78.0 Å². The first-order valence-corrected chi connectivity index (χ1v) is 10.1. The van der Waals surface area contributed by atoms with E-state index >= 15 is 0 Å². The van der Waals surface area contributed by atoms with Crippen LogP contribution in [0.2, 0.25) is 5.02 Å². The summed E-state index contributed by atoms with van der Waals surface area (Å²) in [6.07, 6.45) is 3.70. The molecule has 0 atom stereocenters. The van der Waals surface area contributed by atoms with Gasteiger partial charge in [0.25, 0.3) is 0 Å². The molecule has 24 heavy (non-hydrogen) atoms. The fraction of sp³-hybridized carbons (Fsp3) is 0.0625. The second kappa shape index (κ2) is 6.60. The second-order valence-corrected chi connectivity index (χ2v) is 7.78. The predicted molar refractivity (Wildman–Crippen MR) is 97.2 cm³/mol. The number of hydrogen-bond donors (Lipinski definition) is 1. The second-order valence-electron chi connectivity index (χ2n) is 5.01. The van der Waals surface area contributed by atoms with Crippen molar-refractivity contribution in [2.24, 2.45) is 5.14 Å². The van der Waals surface area contributed by atoms with E-state index in [-0.39, 0.29) is 4.90 Å². The molecule has 5 nitrogen and oxygen atoms in total. The lowest BCUT2D eigenvalue weighted by Gasteiger charge is -2.11. The fourth-order valence-corrected chi connectivity index (χ4v) is 3.52. The Bertz CT molecular complexity index is 966. The number of imidazole rings is 1. The Balaban J connectivity index is 2.12. The van der Waals surface area contributed by atoms with Crippen molar-refractivity contribution in [2.45, 2.75) is 10.1 Å². The Morgan fingerprint density at radius 1 is 1.08 bits per heavy atom. The first-order chi connectivity index (χ1) is 11.4. The van der Waals surface area contributed by atoms with Crippen molar-refractivity contribution >= 4 is 33.4 Å². The first-order valence-electron chi connectivity index (χ1n) is 6.91. The van der Waals surface area contributed by atoms with Crippen LogP contribution in [-0.2, 0) is 10.0 Å². The van der Waals surface area contributed by atoms with E-state index in [0.29, 0.717) is 5.02 Å².